The molecule has 0 aliphatic carbocycles. The van der Waals surface area contributed by atoms with Gasteiger partial charge in [0.15, 0.2) is 5.78 Å². The predicted octanol–water partition coefficient (Wildman–Crippen LogP) is 3.29. The Morgan fingerprint density at radius 3 is 2.53 bits per heavy atom. The van der Waals surface area contributed by atoms with Gasteiger partial charge < -0.3 is 4.42 Å². The third kappa shape index (κ3) is 3.12. The quantitative estimate of drug-likeness (QED) is 0.771. The maximum Gasteiger partial charge on any atom is 0.179 e. The van der Waals surface area contributed by atoms with Gasteiger partial charge in [-0.25, -0.2) is 0 Å². The predicted molar refractivity (Wildman–Crippen MR) is 75.1 cm³/mol. The Kier molecular flexibility index (Phi) is 4.17. The number of likely N-dealkylation sites (N-methyl/N-ethyl adjacent to an activating group) is 1. The molecule has 0 aliphatic heterocycles. The van der Waals surface area contributed by atoms with Crippen molar-refractivity contribution in [2.24, 2.45) is 0 Å². The molecule has 0 amide bonds. The summed E-state index contributed by atoms with van der Waals surface area (Å²) in [6, 6.07) is 11.2. The maximum atomic E-state index is 12.3. The molecule has 0 radical (unpaired) electrons. The van der Waals surface area contributed by atoms with Crippen LogP contribution in [0.5, 0.6) is 0 Å². The molecular formula is C16H19NO2. The lowest BCUT2D eigenvalue weighted by Crippen LogP contribution is -2.35. The highest BCUT2D eigenvalue weighted by Gasteiger charge is 2.20. The Labute approximate surface area is 113 Å². The van der Waals surface area contributed by atoms with Gasteiger partial charge in [-0.05, 0) is 27.0 Å². The topological polar surface area (TPSA) is 33.5 Å². The Morgan fingerprint density at radius 2 is 1.95 bits per heavy atom. The lowest BCUT2D eigenvalue weighted by Gasteiger charge is -2.23. The second-order valence-corrected chi connectivity index (χ2v) is 4.82. The first-order valence-corrected chi connectivity index (χ1v) is 6.42. The van der Waals surface area contributed by atoms with Gasteiger partial charge >= 0.3 is 0 Å². The van der Waals surface area contributed by atoms with E-state index in [0.29, 0.717) is 6.54 Å². The van der Waals surface area contributed by atoms with Crippen LogP contribution in [-0.2, 0) is 6.54 Å². The van der Waals surface area contributed by atoms with Crippen LogP contribution in [0, 0.1) is 6.92 Å². The molecule has 0 bridgehead atoms. The standard InChI is InChI=1S/C16H19NO2/c1-12(16(18)14-7-5-4-6-8-14)17(3)11-15-9-10-19-13(15)2/h4-10,12H,11H2,1-3H3. The number of benzene rings is 1. The van der Waals surface area contributed by atoms with Crippen molar-refractivity contribution in [1.82, 2.24) is 4.90 Å². The number of rotatable bonds is 5. The number of hydrogen-bond acceptors (Lipinski definition) is 3. The van der Waals surface area contributed by atoms with Gasteiger partial charge in [-0.1, -0.05) is 30.3 Å². The third-order valence-electron chi connectivity index (χ3n) is 3.48. The second kappa shape index (κ2) is 5.85. The van der Waals surface area contributed by atoms with E-state index in [0.717, 1.165) is 16.9 Å². The van der Waals surface area contributed by atoms with Gasteiger partial charge in [0.25, 0.3) is 0 Å². The molecular weight excluding hydrogens is 238 g/mol. The zero-order valence-electron chi connectivity index (χ0n) is 11.6. The zero-order valence-corrected chi connectivity index (χ0v) is 11.6. The molecule has 3 nitrogen and oxygen atoms in total. The molecule has 1 atom stereocenters. The number of hydrogen-bond donors (Lipinski definition) is 0. The van der Waals surface area contributed by atoms with Crippen LogP contribution >= 0.6 is 0 Å². The van der Waals surface area contributed by atoms with E-state index in [1.165, 1.54) is 0 Å². The molecule has 1 aromatic heterocycles. The van der Waals surface area contributed by atoms with Crippen LogP contribution in [0.4, 0.5) is 0 Å². The Bertz CT molecular complexity index is 545. The van der Waals surface area contributed by atoms with Gasteiger partial charge in [-0.2, -0.15) is 0 Å². The summed E-state index contributed by atoms with van der Waals surface area (Å²) in [5.41, 5.74) is 1.88. The highest BCUT2D eigenvalue weighted by Crippen LogP contribution is 2.14. The number of nitrogens with zero attached hydrogens (tertiary/aromatic N) is 1. The molecule has 1 heterocycles. The number of carbonyl (C=O) groups is 1. The van der Waals surface area contributed by atoms with Gasteiger partial charge in [0.2, 0.25) is 0 Å². The number of carbonyl (C=O) groups excluding carboxylic acids is 1. The first-order valence-electron chi connectivity index (χ1n) is 6.42. The molecule has 3 heteroatoms. The third-order valence-corrected chi connectivity index (χ3v) is 3.48. The van der Waals surface area contributed by atoms with Gasteiger partial charge in [-0.3, -0.25) is 9.69 Å². The molecule has 1 unspecified atom stereocenters. The van der Waals surface area contributed by atoms with Crippen molar-refractivity contribution >= 4 is 5.78 Å². The van der Waals surface area contributed by atoms with E-state index in [-0.39, 0.29) is 11.8 Å². The highest BCUT2D eigenvalue weighted by molar-refractivity contribution is 5.99. The Morgan fingerprint density at radius 1 is 1.26 bits per heavy atom. The summed E-state index contributed by atoms with van der Waals surface area (Å²) in [6.07, 6.45) is 1.68. The number of furan rings is 1. The van der Waals surface area contributed by atoms with Crippen molar-refractivity contribution in [3.63, 3.8) is 0 Å². The normalized spacial score (nSPS) is 12.6. The van der Waals surface area contributed by atoms with Crippen molar-refractivity contribution in [3.8, 4) is 0 Å². The lowest BCUT2D eigenvalue weighted by atomic mass is 10.0. The van der Waals surface area contributed by atoms with Gasteiger partial charge in [0.05, 0.1) is 12.3 Å². The highest BCUT2D eigenvalue weighted by atomic mass is 16.3. The van der Waals surface area contributed by atoms with E-state index in [9.17, 15) is 4.79 Å². The van der Waals surface area contributed by atoms with Crippen LogP contribution in [0.25, 0.3) is 0 Å². The summed E-state index contributed by atoms with van der Waals surface area (Å²) in [6.45, 7) is 4.58. The summed E-state index contributed by atoms with van der Waals surface area (Å²) in [7, 11) is 1.96. The van der Waals surface area contributed by atoms with E-state index in [2.05, 4.69) is 0 Å². The van der Waals surface area contributed by atoms with Crippen molar-refractivity contribution in [2.45, 2.75) is 26.4 Å². The van der Waals surface area contributed by atoms with Crippen molar-refractivity contribution in [2.75, 3.05) is 7.05 Å². The van der Waals surface area contributed by atoms with Crippen molar-refractivity contribution in [1.29, 1.82) is 0 Å². The average Bonchev–Trinajstić information content (AvgIpc) is 2.83. The zero-order chi connectivity index (χ0) is 13.8. The summed E-state index contributed by atoms with van der Waals surface area (Å²) in [5, 5.41) is 0. The van der Waals surface area contributed by atoms with Crippen LogP contribution in [0.3, 0.4) is 0 Å². The molecule has 2 aromatic rings. The SMILES string of the molecule is Cc1occc1CN(C)C(C)C(=O)c1ccccc1. The Hall–Kier alpha value is -1.87. The molecule has 0 saturated heterocycles. The molecule has 0 spiro atoms. The van der Waals surface area contributed by atoms with E-state index in [1.807, 2.05) is 62.2 Å². The molecule has 0 aliphatic rings. The molecule has 0 N–H and O–H groups in total. The van der Waals surface area contributed by atoms with Crippen LogP contribution < -0.4 is 0 Å². The van der Waals surface area contributed by atoms with Gasteiger partial charge in [-0.15, -0.1) is 0 Å². The molecule has 2 rings (SSSR count). The van der Waals surface area contributed by atoms with Crippen molar-refractivity contribution < 1.29 is 9.21 Å². The maximum absolute atomic E-state index is 12.3. The molecule has 1 aromatic carbocycles. The molecule has 100 valence electrons. The molecule has 0 saturated carbocycles. The Balaban J connectivity index is 2.05. The lowest BCUT2D eigenvalue weighted by molar-refractivity contribution is 0.0861. The van der Waals surface area contributed by atoms with Crippen LogP contribution in [0.2, 0.25) is 0 Å². The van der Waals surface area contributed by atoms with E-state index in [1.54, 1.807) is 6.26 Å². The minimum atomic E-state index is -0.156. The first-order chi connectivity index (χ1) is 9.09. The second-order valence-electron chi connectivity index (χ2n) is 4.82. The van der Waals surface area contributed by atoms with Crippen LogP contribution in [0.15, 0.2) is 47.1 Å². The number of ketones is 1. The van der Waals surface area contributed by atoms with E-state index in [4.69, 9.17) is 4.42 Å². The molecule has 19 heavy (non-hydrogen) atoms. The first kappa shape index (κ1) is 13.6. The number of Topliss-reactive ketones (excluding diaryl/α,β-unsaturated/α-hetero) is 1. The van der Waals surface area contributed by atoms with Gasteiger partial charge in [0.1, 0.15) is 5.76 Å². The van der Waals surface area contributed by atoms with Crippen LogP contribution in [0.1, 0.15) is 28.6 Å². The molecule has 0 fully saturated rings. The fourth-order valence-electron chi connectivity index (χ4n) is 2.02. The average molecular weight is 257 g/mol. The van der Waals surface area contributed by atoms with E-state index >= 15 is 0 Å². The fourth-order valence-corrected chi connectivity index (χ4v) is 2.02. The smallest absolute Gasteiger partial charge is 0.179 e. The fraction of sp³-hybridized carbons (Fsp3) is 0.312. The minimum Gasteiger partial charge on any atom is -0.469 e. The summed E-state index contributed by atoms with van der Waals surface area (Å²) in [4.78, 5) is 14.4. The summed E-state index contributed by atoms with van der Waals surface area (Å²) in [5.74, 6) is 1.05. The van der Waals surface area contributed by atoms with Gasteiger partial charge in [0, 0.05) is 17.7 Å². The van der Waals surface area contributed by atoms with Crippen molar-refractivity contribution in [3.05, 3.63) is 59.5 Å². The monoisotopic (exact) mass is 257 g/mol. The van der Waals surface area contributed by atoms with Crippen LogP contribution in [-0.4, -0.2) is 23.8 Å². The minimum absolute atomic E-state index is 0.143. The summed E-state index contributed by atoms with van der Waals surface area (Å²) < 4.78 is 5.28. The number of aryl methyl sites for hydroxylation is 1. The summed E-state index contributed by atoms with van der Waals surface area (Å²) >= 11 is 0. The largest absolute Gasteiger partial charge is 0.469 e. The van der Waals surface area contributed by atoms with E-state index < -0.39 is 0 Å².